The van der Waals surface area contributed by atoms with Gasteiger partial charge in [-0.25, -0.2) is 0 Å². The van der Waals surface area contributed by atoms with E-state index in [1.807, 2.05) is 24.3 Å². The van der Waals surface area contributed by atoms with Crippen LogP contribution in [0.2, 0.25) is 0 Å². The maximum atomic E-state index is 10.7. The summed E-state index contributed by atoms with van der Waals surface area (Å²) in [6.45, 7) is 1.08. The monoisotopic (exact) mass is 302 g/mol. The molecule has 0 aliphatic carbocycles. The van der Waals surface area contributed by atoms with E-state index in [9.17, 15) is 15.2 Å². The van der Waals surface area contributed by atoms with Crippen molar-refractivity contribution in [1.82, 2.24) is 5.32 Å². The Kier molecular flexibility index (Phi) is 5.46. The van der Waals surface area contributed by atoms with Crippen molar-refractivity contribution in [2.75, 3.05) is 6.54 Å². The van der Waals surface area contributed by atoms with Gasteiger partial charge >= 0.3 is 0 Å². The zero-order valence-electron chi connectivity index (χ0n) is 12.0. The van der Waals surface area contributed by atoms with Crippen LogP contribution >= 0.6 is 0 Å². The molecule has 2 aromatic carbocycles. The second kappa shape index (κ2) is 7.53. The highest BCUT2D eigenvalue weighted by Crippen LogP contribution is 2.22. The zero-order chi connectivity index (χ0) is 15.9. The Balaban J connectivity index is 1.85. The molecule has 0 unspecified atom stereocenters. The summed E-state index contributed by atoms with van der Waals surface area (Å²) < 4.78 is 0. The highest BCUT2D eigenvalue weighted by Gasteiger charge is 2.09. The van der Waals surface area contributed by atoms with Crippen LogP contribution in [0, 0.1) is 10.1 Å². The van der Waals surface area contributed by atoms with Crippen LogP contribution in [-0.2, 0) is 19.6 Å². The third-order valence-electron chi connectivity index (χ3n) is 3.39. The molecule has 6 nitrogen and oxygen atoms in total. The molecule has 116 valence electrons. The average molecular weight is 302 g/mol. The molecule has 0 saturated carbocycles. The fraction of sp³-hybridized carbons (Fsp3) is 0.250. The first-order valence-corrected chi connectivity index (χ1v) is 6.96. The van der Waals surface area contributed by atoms with Gasteiger partial charge in [-0.15, -0.1) is 0 Å². The number of hydrogen-bond donors (Lipinski definition) is 3. The normalized spacial score (nSPS) is 10.6. The quantitative estimate of drug-likeness (QED) is 0.413. The summed E-state index contributed by atoms with van der Waals surface area (Å²) in [6, 6.07) is 11.7. The lowest BCUT2D eigenvalue weighted by atomic mass is 10.1. The number of phenolic OH excluding ortho intramolecular Hbond substituents is 1. The molecule has 0 aliphatic rings. The van der Waals surface area contributed by atoms with Crippen LogP contribution in [0.25, 0.3) is 0 Å². The molecule has 0 atom stereocenters. The van der Waals surface area contributed by atoms with E-state index in [0.717, 1.165) is 17.5 Å². The summed E-state index contributed by atoms with van der Waals surface area (Å²) >= 11 is 0. The lowest BCUT2D eigenvalue weighted by molar-refractivity contribution is -0.384. The number of aliphatic hydroxyl groups excluding tert-OH is 1. The average Bonchev–Trinajstić information content (AvgIpc) is 2.53. The van der Waals surface area contributed by atoms with Crippen molar-refractivity contribution in [3.63, 3.8) is 0 Å². The van der Waals surface area contributed by atoms with E-state index in [0.29, 0.717) is 18.7 Å². The van der Waals surface area contributed by atoms with Gasteiger partial charge in [-0.05, 0) is 30.2 Å². The Morgan fingerprint density at radius 3 is 2.41 bits per heavy atom. The summed E-state index contributed by atoms with van der Waals surface area (Å²) in [6.07, 6.45) is 0.793. The Labute approximate surface area is 128 Å². The summed E-state index contributed by atoms with van der Waals surface area (Å²) in [4.78, 5) is 10.2. The maximum Gasteiger partial charge on any atom is 0.270 e. The van der Waals surface area contributed by atoms with Gasteiger partial charge in [-0.1, -0.05) is 24.3 Å². The predicted octanol–water partition coefficient (Wildman–Crippen LogP) is 2.12. The molecule has 0 aliphatic heterocycles. The van der Waals surface area contributed by atoms with Crippen molar-refractivity contribution < 1.29 is 15.1 Å². The molecule has 2 rings (SSSR count). The second-order valence-corrected chi connectivity index (χ2v) is 4.97. The molecule has 0 spiro atoms. The van der Waals surface area contributed by atoms with Crippen LogP contribution in [0.3, 0.4) is 0 Å². The van der Waals surface area contributed by atoms with Crippen LogP contribution in [0.1, 0.15) is 16.7 Å². The van der Waals surface area contributed by atoms with Crippen molar-refractivity contribution in [2.45, 2.75) is 19.6 Å². The van der Waals surface area contributed by atoms with E-state index in [-0.39, 0.29) is 18.0 Å². The van der Waals surface area contributed by atoms with E-state index in [4.69, 9.17) is 5.11 Å². The van der Waals surface area contributed by atoms with Gasteiger partial charge in [0.2, 0.25) is 0 Å². The van der Waals surface area contributed by atoms with Gasteiger partial charge in [0, 0.05) is 24.2 Å². The lowest BCUT2D eigenvalue weighted by Crippen LogP contribution is -2.16. The third kappa shape index (κ3) is 4.28. The number of nitro benzene ring substituents is 1. The minimum atomic E-state index is -0.481. The van der Waals surface area contributed by atoms with Gasteiger partial charge < -0.3 is 15.5 Å². The third-order valence-corrected chi connectivity index (χ3v) is 3.39. The van der Waals surface area contributed by atoms with Crippen LogP contribution in [0.4, 0.5) is 5.69 Å². The number of nitro groups is 1. The fourth-order valence-electron chi connectivity index (χ4n) is 2.09. The Bertz CT molecular complexity index is 641. The molecule has 0 heterocycles. The Morgan fingerprint density at radius 2 is 1.77 bits per heavy atom. The molecule has 2 aromatic rings. The molecule has 0 aromatic heterocycles. The molecule has 22 heavy (non-hydrogen) atoms. The number of phenols is 1. The fourth-order valence-corrected chi connectivity index (χ4v) is 2.09. The van der Waals surface area contributed by atoms with E-state index in [1.165, 1.54) is 18.2 Å². The van der Waals surface area contributed by atoms with Gasteiger partial charge in [0.25, 0.3) is 5.69 Å². The largest absolute Gasteiger partial charge is 0.508 e. The minimum Gasteiger partial charge on any atom is -0.508 e. The number of rotatable bonds is 7. The summed E-state index contributed by atoms with van der Waals surface area (Å²) in [7, 11) is 0. The molecule has 0 bridgehead atoms. The van der Waals surface area contributed by atoms with Crippen molar-refractivity contribution in [3.05, 3.63) is 69.3 Å². The van der Waals surface area contributed by atoms with Gasteiger partial charge in [-0.3, -0.25) is 10.1 Å². The molecule has 6 heteroatoms. The molecular formula is C16H18N2O4. The lowest BCUT2D eigenvalue weighted by Gasteiger charge is -2.07. The summed E-state index contributed by atoms with van der Waals surface area (Å²) in [5.41, 5.74) is 2.48. The van der Waals surface area contributed by atoms with Gasteiger partial charge in [0.05, 0.1) is 11.5 Å². The second-order valence-electron chi connectivity index (χ2n) is 4.97. The number of benzene rings is 2. The van der Waals surface area contributed by atoms with Gasteiger partial charge in [0.1, 0.15) is 5.75 Å². The molecule has 0 amide bonds. The molecule has 3 N–H and O–H groups in total. The smallest absolute Gasteiger partial charge is 0.270 e. The Hall–Kier alpha value is -2.44. The highest BCUT2D eigenvalue weighted by molar-refractivity contribution is 5.42. The van der Waals surface area contributed by atoms with Gasteiger partial charge in [-0.2, -0.15) is 0 Å². The maximum absolute atomic E-state index is 10.7. The topological polar surface area (TPSA) is 95.6 Å². The molecule has 0 radical (unpaired) electrons. The first kappa shape index (κ1) is 15.9. The highest BCUT2D eigenvalue weighted by atomic mass is 16.6. The van der Waals surface area contributed by atoms with Crippen LogP contribution in [-0.4, -0.2) is 21.7 Å². The van der Waals surface area contributed by atoms with Crippen molar-refractivity contribution in [1.29, 1.82) is 0 Å². The molecule has 0 fully saturated rings. The SMILES string of the molecule is O=[N+]([O-])c1ccc(O)c(CNCCc2ccc(CO)cc2)c1. The van der Waals surface area contributed by atoms with E-state index in [2.05, 4.69) is 5.32 Å². The van der Waals surface area contributed by atoms with E-state index >= 15 is 0 Å². The van der Waals surface area contributed by atoms with Crippen molar-refractivity contribution in [2.24, 2.45) is 0 Å². The van der Waals surface area contributed by atoms with Crippen molar-refractivity contribution in [3.8, 4) is 5.75 Å². The zero-order valence-corrected chi connectivity index (χ0v) is 12.0. The Morgan fingerprint density at radius 1 is 1.09 bits per heavy atom. The number of nitrogens with one attached hydrogen (secondary N) is 1. The first-order chi connectivity index (χ1) is 10.6. The van der Waals surface area contributed by atoms with Crippen LogP contribution in [0.15, 0.2) is 42.5 Å². The summed E-state index contributed by atoms with van der Waals surface area (Å²) in [5.74, 6) is 0.0467. The number of aliphatic hydroxyl groups is 1. The summed E-state index contributed by atoms with van der Waals surface area (Å²) in [5, 5.41) is 32.5. The van der Waals surface area contributed by atoms with Crippen LogP contribution in [0.5, 0.6) is 5.75 Å². The first-order valence-electron chi connectivity index (χ1n) is 6.96. The van der Waals surface area contributed by atoms with E-state index < -0.39 is 4.92 Å². The number of hydrogen-bond acceptors (Lipinski definition) is 5. The van der Waals surface area contributed by atoms with E-state index in [1.54, 1.807) is 0 Å². The van der Waals surface area contributed by atoms with Crippen molar-refractivity contribution >= 4 is 5.69 Å². The number of aromatic hydroxyl groups is 1. The number of non-ortho nitro benzene ring substituents is 1. The minimum absolute atomic E-state index is 0.0323. The number of nitrogens with zero attached hydrogens (tertiary/aromatic N) is 1. The predicted molar refractivity (Wildman–Crippen MR) is 82.5 cm³/mol. The van der Waals surface area contributed by atoms with Gasteiger partial charge in [0.15, 0.2) is 0 Å². The molecule has 0 saturated heterocycles. The standard InChI is InChI=1S/C16H18N2O4/c19-11-13-3-1-12(2-4-13)7-8-17-10-14-9-15(18(21)22)5-6-16(14)20/h1-6,9,17,19-20H,7-8,10-11H2. The van der Waals surface area contributed by atoms with Crippen LogP contribution < -0.4 is 5.32 Å². The molecular weight excluding hydrogens is 284 g/mol.